The van der Waals surface area contributed by atoms with Crippen LogP contribution < -0.4 is 0 Å². The van der Waals surface area contributed by atoms with Crippen LogP contribution >= 0.6 is 0 Å². The van der Waals surface area contributed by atoms with Crippen LogP contribution in [-0.2, 0) is 4.79 Å². The van der Waals surface area contributed by atoms with Crippen molar-refractivity contribution in [2.75, 3.05) is 0 Å². The monoisotopic (exact) mass is 206 g/mol. The molecule has 4 atom stereocenters. The van der Waals surface area contributed by atoms with Crippen LogP contribution in [-0.4, -0.2) is 5.78 Å². The Morgan fingerprint density at radius 2 is 1.87 bits per heavy atom. The summed E-state index contributed by atoms with van der Waals surface area (Å²) in [6.45, 7) is 6.89. The Balaban J connectivity index is 2.20. The van der Waals surface area contributed by atoms with Gasteiger partial charge >= 0.3 is 0 Å². The highest BCUT2D eigenvalue weighted by Gasteiger charge is 2.66. The first kappa shape index (κ1) is 9.86. The molecular weight excluding hydrogens is 184 g/mol. The van der Waals surface area contributed by atoms with Crippen LogP contribution in [0.25, 0.3) is 0 Å². The van der Waals surface area contributed by atoms with Gasteiger partial charge in [-0.1, -0.05) is 27.2 Å². The van der Waals surface area contributed by atoms with Crippen molar-refractivity contribution in [3.8, 4) is 0 Å². The summed E-state index contributed by atoms with van der Waals surface area (Å²) < 4.78 is 0. The van der Waals surface area contributed by atoms with Crippen molar-refractivity contribution >= 4 is 5.78 Å². The third-order valence-corrected chi connectivity index (χ3v) is 6.38. The van der Waals surface area contributed by atoms with Crippen LogP contribution in [0.15, 0.2) is 0 Å². The lowest BCUT2D eigenvalue weighted by Gasteiger charge is -2.61. The molecule has 5 rings (SSSR count). The fraction of sp³-hybridized carbons (Fsp3) is 0.929. The number of carbonyl (C=O) groups excluding carboxylic acids is 1. The van der Waals surface area contributed by atoms with Crippen molar-refractivity contribution in [1.82, 2.24) is 0 Å². The van der Waals surface area contributed by atoms with E-state index in [1.807, 2.05) is 0 Å². The van der Waals surface area contributed by atoms with Crippen LogP contribution in [0.5, 0.6) is 0 Å². The quantitative estimate of drug-likeness (QED) is 0.592. The normalized spacial score (nSPS) is 58.3. The highest BCUT2D eigenvalue weighted by molar-refractivity contribution is 5.93. The molecule has 5 saturated carbocycles. The second-order valence-corrected chi connectivity index (χ2v) is 6.93. The molecule has 0 aromatic rings. The standard InChI is InChI=1S/C14H22O/c1-12-7-8-13(2)10(9-12)5-4-6-14(12,3)11(13)15/h10H,4-9H2,1-3H3/t10-,12-,13+,14-/m1/s1. The van der Waals surface area contributed by atoms with Crippen LogP contribution in [0.3, 0.4) is 0 Å². The summed E-state index contributed by atoms with van der Waals surface area (Å²) in [7, 11) is 0. The molecule has 84 valence electrons. The number of rotatable bonds is 0. The van der Waals surface area contributed by atoms with E-state index >= 15 is 0 Å². The van der Waals surface area contributed by atoms with Gasteiger partial charge in [0.2, 0.25) is 0 Å². The summed E-state index contributed by atoms with van der Waals surface area (Å²) in [5.74, 6) is 1.30. The maximum absolute atomic E-state index is 12.7. The molecule has 0 aromatic carbocycles. The summed E-state index contributed by atoms with van der Waals surface area (Å²) in [4.78, 5) is 12.7. The van der Waals surface area contributed by atoms with Crippen LogP contribution in [0.1, 0.15) is 59.3 Å². The summed E-state index contributed by atoms with van der Waals surface area (Å²) >= 11 is 0. The van der Waals surface area contributed by atoms with Gasteiger partial charge in [0.1, 0.15) is 5.78 Å². The summed E-state index contributed by atoms with van der Waals surface area (Å²) in [6.07, 6.45) is 7.47. The lowest BCUT2D eigenvalue weighted by atomic mass is 9.41. The highest BCUT2D eigenvalue weighted by Crippen LogP contribution is 2.69. The largest absolute Gasteiger partial charge is 0.298 e. The fourth-order valence-corrected chi connectivity index (χ4v) is 4.85. The first-order valence-electron chi connectivity index (χ1n) is 6.47. The van der Waals surface area contributed by atoms with E-state index in [2.05, 4.69) is 20.8 Å². The maximum atomic E-state index is 12.7. The van der Waals surface area contributed by atoms with Gasteiger partial charge < -0.3 is 0 Å². The first-order chi connectivity index (χ1) is 6.92. The van der Waals surface area contributed by atoms with Crippen LogP contribution in [0.2, 0.25) is 0 Å². The average Bonchev–Trinajstić information content (AvgIpc) is 2.35. The lowest BCUT2D eigenvalue weighted by molar-refractivity contribution is -0.173. The van der Waals surface area contributed by atoms with Gasteiger partial charge in [-0.05, 0) is 43.4 Å². The van der Waals surface area contributed by atoms with Crippen molar-refractivity contribution in [2.45, 2.75) is 59.3 Å². The third-order valence-electron chi connectivity index (χ3n) is 6.38. The third kappa shape index (κ3) is 0.893. The molecule has 1 heteroatoms. The Labute approximate surface area is 92.6 Å². The molecule has 0 N–H and O–H groups in total. The van der Waals surface area contributed by atoms with Gasteiger partial charge in [0.15, 0.2) is 0 Å². The first-order valence-corrected chi connectivity index (χ1v) is 6.47. The minimum absolute atomic E-state index is 0.00694. The molecule has 0 amide bonds. The van der Waals surface area contributed by atoms with E-state index in [-0.39, 0.29) is 10.8 Å². The van der Waals surface area contributed by atoms with Crippen molar-refractivity contribution in [3.63, 3.8) is 0 Å². The van der Waals surface area contributed by atoms with E-state index in [9.17, 15) is 4.79 Å². The van der Waals surface area contributed by atoms with Crippen molar-refractivity contribution in [2.24, 2.45) is 22.2 Å². The minimum atomic E-state index is 0.00694. The molecule has 5 aliphatic rings. The van der Waals surface area contributed by atoms with E-state index < -0.39 is 0 Å². The molecule has 5 aliphatic carbocycles. The van der Waals surface area contributed by atoms with Crippen LogP contribution in [0.4, 0.5) is 0 Å². The lowest BCUT2D eigenvalue weighted by Crippen LogP contribution is -2.61. The molecule has 0 aliphatic heterocycles. The van der Waals surface area contributed by atoms with Gasteiger partial charge in [0.05, 0.1) is 0 Å². The van der Waals surface area contributed by atoms with Gasteiger partial charge in [-0.3, -0.25) is 4.79 Å². The van der Waals surface area contributed by atoms with Crippen molar-refractivity contribution in [1.29, 1.82) is 0 Å². The molecule has 1 nitrogen and oxygen atoms in total. The summed E-state index contributed by atoms with van der Waals surface area (Å²) in [5.41, 5.74) is 0.374. The summed E-state index contributed by atoms with van der Waals surface area (Å²) in [6, 6.07) is 0. The molecule has 0 radical (unpaired) electrons. The number of carbonyl (C=O) groups is 1. The van der Waals surface area contributed by atoms with Gasteiger partial charge in [-0.15, -0.1) is 0 Å². The molecule has 15 heavy (non-hydrogen) atoms. The fourth-order valence-electron chi connectivity index (χ4n) is 4.85. The Kier molecular flexibility index (Phi) is 1.64. The smallest absolute Gasteiger partial charge is 0.145 e. The highest BCUT2D eigenvalue weighted by atomic mass is 16.1. The molecule has 4 bridgehead atoms. The number of Topliss-reactive ketones (excluding diaryl/α,β-unsaturated/α-hetero) is 1. The molecule has 0 unspecified atom stereocenters. The van der Waals surface area contributed by atoms with Gasteiger partial charge in [0, 0.05) is 10.8 Å². The van der Waals surface area contributed by atoms with E-state index in [0.29, 0.717) is 17.1 Å². The van der Waals surface area contributed by atoms with E-state index in [0.717, 1.165) is 12.8 Å². The SMILES string of the molecule is C[C@]12CC[C@]3(C)C(=O)[C@@]1(C)CCC[C@@H]3C2. The van der Waals surface area contributed by atoms with E-state index in [4.69, 9.17) is 0 Å². The molecule has 5 fully saturated rings. The predicted molar refractivity (Wildman–Crippen MR) is 60.5 cm³/mol. The van der Waals surface area contributed by atoms with E-state index in [1.165, 1.54) is 25.7 Å². The zero-order valence-electron chi connectivity index (χ0n) is 10.2. The van der Waals surface area contributed by atoms with Gasteiger partial charge in [-0.2, -0.15) is 0 Å². The number of ketones is 1. The zero-order valence-corrected chi connectivity index (χ0v) is 10.2. The zero-order chi connectivity index (χ0) is 10.9. The Hall–Kier alpha value is -0.330. The number of fused-ring (bicyclic) bond motifs is 3. The van der Waals surface area contributed by atoms with Crippen molar-refractivity contribution < 1.29 is 4.79 Å². The predicted octanol–water partition coefficient (Wildman–Crippen LogP) is 3.57. The Morgan fingerprint density at radius 1 is 1.13 bits per heavy atom. The van der Waals surface area contributed by atoms with Crippen LogP contribution in [0, 0.1) is 22.2 Å². The van der Waals surface area contributed by atoms with Gasteiger partial charge in [0.25, 0.3) is 0 Å². The second kappa shape index (κ2) is 2.49. The summed E-state index contributed by atoms with van der Waals surface area (Å²) in [5, 5.41) is 0. The molecule has 0 heterocycles. The molecular formula is C14H22O. The molecule has 0 saturated heterocycles. The number of hydrogen-bond donors (Lipinski definition) is 0. The van der Waals surface area contributed by atoms with E-state index in [1.54, 1.807) is 0 Å². The topological polar surface area (TPSA) is 17.1 Å². The molecule has 0 aromatic heterocycles. The molecule has 0 spiro atoms. The van der Waals surface area contributed by atoms with Crippen molar-refractivity contribution in [3.05, 3.63) is 0 Å². The maximum Gasteiger partial charge on any atom is 0.145 e. The number of hydrogen-bond acceptors (Lipinski definition) is 1. The second-order valence-electron chi connectivity index (χ2n) is 6.93. The Bertz CT molecular complexity index is 334. The Morgan fingerprint density at radius 3 is 2.60 bits per heavy atom. The van der Waals surface area contributed by atoms with Gasteiger partial charge in [-0.25, -0.2) is 0 Å². The average molecular weight is 206 g/mol. The minimum Gasteiger partial charge on any atom is -0.298 e.